The lowest BCUT2D eigenvalue weighted by Crippen LogP contribution is -2.23. The summed E-state index contributed by atoms with van der Waals surface area (Å²) in [6.07, 6.45) is 0. The molecule has 0 saturated carbocycles. The maximum absolute atomic E-state index is 12.5. The smallest absolute Gasteiger partial charge is 0.261 e. The Morgan fingerprint density at radius 2 is 1.59 bits per heavy atom. The van der Waals surface area contributed by atoms with Gasteiger partial charge in [-0.05, 0) is 58.1 Å². The van der Waals surface area contributed by atoms with Crippen molar-refractivity contribution in [3.05, 3.63) is 100 Å². The number of hydrogen-bond donors (Lipinski definition) is 2. The molecule has 0 spiro atoms. The van der Waals surface area contributed by atoms with Gasteiger partial charge in [0.2, 0.25) is 0 Å². The van der Waals surface area contributed by atoms with Gasteiger partial charge in [-0.3, -0.25) is 9.59 Å². The van der Waals surface area contributed by atoms with E-state index in [1.54, 1.807) is 12.1 Å². The van der Waals surface area contributed by atoms with Gasteiger partial charge in [0.25, 0.3) is 11.5 Å². The Morgan fingerprint density at radius 1 is 0.862 bits per heavy atom. The van der Waals surface area contributed by atoms with Crippen molar-refractivity contribution in [3.63, 3.8) is 0 Å². The molecule has 0 bridgehead atoms. The van der Waals surface area contributed by atoms with Gasteiger partial charge in [-0.1, -0.05) is 62.4 Å². The van der Waals surface area contributed by atoms with E-state index in [0.717, 1.165) is 16.3 Å². The lowest BCUT2D eigenvalue weighted by molar-refractivity contribution is 0.102. The van der Waals surface area contributed by atoms with Crippen LogP contribution in [0.3, 0.4) is 0 Å². The highest BCUT2D eigenvalue weighted by Crippen LogP contribution is 2.23. The molecular weight excluding hydrogens is 360 g/mol. The van der Waals surface area contributed by atoms with Crippen LogP contribution in [0.5, 0.6) is 0 Å². The van der Waals surface area contributed by atoms with Gasteiger partial charge in [-0.25, -0.2) is 0 Å². The molecule has 0 radical (unpaired) electrons. The SMILES string of the molecule is CC(C)c1ccc(NC(=O)c2ccc(-c3ccc4ccccc4c3)[nH]c2=O)cc1. The fraction of sp³-hybridized carbons (Fsp3) is 0.120. The van der Waals surface area contributed by atoms with E-state index in [2.05, 4.69) is 24.1 Å². The Bertz CT molecular complexity index is 1240. The molecule has 2 N–H and O–H groups in total. The first-order valence-corrected chi connectivity index (χ1v) is 9.65. The Hall–Kier alpha value is -3.66. The van der Waals surface area contributed by atoms with Crippen LogP contribution in [0.25, 0.3) is 22.0 Å². The quantitative estimate of drug-likeness (QED) is 0.485. The Labute approximate surface area is 169 Å². The summed E-state index contributed by atoms with van der Waals surface area (Å²) in [5.74, 6) is -0.00106. The molecule has 0 unspecified atom stereocenters. The van der Waals surface area contributed by atoms with E-state index in [9.17, 15) is 9.59 Å². The van der Waals surface area contributed by atoms with E-state index >= 15 is 0 Å². The number of anilines is 1. The molecule has 0 aliphatic carbocycles. The molecule has 29 heavy (non-hydrogen) atoms. The van der Waals surface area contributed by atoms with Crippen LogP contribution in [-0.4, -0.2) is 10.9 Å². The van der Waals surface area contributed by atoms with Gasteiger partial charge in [0.05, 0.1) is 0 Å². The number of rotatable bonds is 4. The minimum absolute atomic E-state index is 0.0856. The Balaban J connectivity index is 1.57. The van der Waals surface area contributed by atoms with Crippen LogP contribution < -0.4 is 10.9 Å². The number of benzene rings is 3. The zero-order valence-electron chi connectivity index (χ0n) is 16.4. The summed E-state index contributed by atoms with van der Waals surface area (Å²) in [5.41, 5.74) is 3.11. The molecule has 1 amide bonds. The zero-order chi connectivity index (χ0) is 20.4. The molecule has 0 aliphatic heterocycles. The lowest BCUT2D eigenvalue weighted by atomic mass is 10.0. The van der Waals surface area contributed by atoms with E-state index in [1.165, 1.54) is 5.56 Å². The van der Waals surface area contributed by atoms with Gasteiger partial charge < -0.3 is 10.3 Å². The van der Waals surface area contributed by atoms with Crippen LogP contribution >= 0.6 is 0 Å². The van der Waals surface area contributed by atoms with E-state index in [0.29, 0.717) is 17.3 Å². The summed E-state index contributed by atoms with van der Waals surface area (Å²) < 4.78 is 0. The van der Waals surface area contributed by atoms with E-state index in [-0.39, 0.29) is 5.56 Å². The Morgan fingerprint density at radius 3 is 2.28 bits per heavy atom. The van der Waals surface area contributed by atoms with Crippen molar-refractivity contribution in [2.24, 2.45) is 0 Å². The van der Waals surface area contributed by atoms with Crippen molar-refractivity contribution in [2.45, 2.75) is 19.8 Å². The fourth-order valence-corrected chi connectivity index (χ4v) is 3.33. The number of pyridine rings is 1. The predicted molar refractivity (Wildman–Crippen MR) is 118 cm³/mol. The van der Waals surface area contributed by atoms with Crippen molar-refractivity contribution >= 4 is 22.4 Å². The largest absolute Gasteiger partial charge is 0.322 e. The highest BCUT2D eigenvalue weighted by molar-refractivity contribution is 6.04. The van der Waals surface area contributed by atoms with E-state index < -0.39 is 11.5 Å². The molecule has 1 aromatic heterocycles. The van der Waals surface area contributed by atoms with Crippen molar-refractivity contribution in [1.29, 1.82) is 0 Å². The number of aromatic amines is 1. The van der Waals surface area contributed by atoms with Crippen LogP contribution in [0.2, 0.25) is 0 Å². The van der Waals surface area contributed by atoms with Crippen molar-refractivity contribution in [2.75, 3.05) is 5.32 Å². The summed E-state index contributed by atoms with van der Waals surface area (Å²) in [6, 6.07) is 25.1. The highest BCUT2D eigenvalue weighted by atomic mass is 16.2. The second-order valence-corrected chi connectivity index (χ2v) is 7.41. The first-order valence-electron chi connectivity index (χ1n) is 9.65. The molecule has 0 fully saturated rings. The Kier molecular flexibility index (Phi) is 5.00. The molecule has 144 valence electrons. The maximum Gasteiger partial charge on any atom is 0.261 e. The minimum Gasteiger partial charge on any atom is -0.322 e. The predicted octanol–water partition coefficient (Wildman–Crippen LogP) is 5.57. The summed E-state index contributed by atoms with van der Waals surface area (Å²) in [7, 11) is 0. The first kappa shape index (κ1) is 18.7. The molecule has 4 aromatic rings. The highest BCUT2D eigenvalue weighted by Gasteiger charge is 2.12. The average molecular weight is 382 g/mol. The summed E-state index contributed by atoms with van der Waals surface area (Å²) in [5, 5.41) is 5.02. The minimum atomic E-state index is -0.423. The number of carbonyl (C=O) groups is 1. The van der Waals surface area contributed by atoms with Crippen LogP contribution in [0.1, 0.15) is 35.7 Å². The molecule has 0 atom stereocenters. The number of aromatic nitrogens is 1. The maximum atomic E-state index is 12.5. The van der Waals surface area contributed by atoms with Crippen molar-refractivity contribution < 1.29 is 4.79 Å². The number of amides is 1. The molecule has 0 saturated heterocycles. The average Bonchev–Trinajstić information content (AvgIpc) is 2.73. The molecule has 4 rings (SSSR count). The van der Waals surface area contributed by atoms with Gasteiger partial charge in [0.15, 0.2) is 0 Å². The van der Waals surface area contributed by atoms with E-state index in [1.807, 2.05) is 66.7 Å². The van der Waals surface area contributed by atoms with Gasteiger partial charge >= 0.3 is 0 Å². The van der Waals surface area contributed by atoms with E-state index in [4.69, 9.17) is 0 Å². The topological polar surface area (TPSA) is 62.0 Å². The third-order valence-corrected chi connectivity index (χ3v) is 5.05. The normalized spacial score (nSPS) is 11.0. The number of carbonyl (C=O) groups excluding carboxylic acids is 1. The molecule has 4 nitrogen and oxygen atoms in total. The van der Waals surface area contributed by atoms with Crippen LogP contribution in [0, 0.1) is 0 Å². The third-order valence-electron chi connectivity index (χ3n) is 5.05. The van der Waals surface area contributed by atoms with Crippen LogP contribution in [0.4, 0.5) is 5.69 Å². The van der Waals surface area contributed by atoms with Gasteiger partial charge in [-0.15, -0.1) is 0 Å². The number of fused-ring (bicyclic) bond motifs is 1. The standard InChI is InChI=1S/C25H22N2O2/c1-16(2)17-9-11-21(12-10-17)26-24(28)22-13-14-23(27-25(22)29)20-8-7-18-5-3-4-6-19(18)15-20/h3-16H,1-2H3,(H,26,28)(H,27,29). The first-order chi connectivity index (χ1) is 14.0. The number of hydrogen-bond acceptors (Lipinski definition) is 2. The van der Waals surface area contributed by atoms with Crippen LogP contribution in [-0.2, 0) is 0 Å². The third kappa shape index (κ3) is 3.97. The lowest BCUT2D eigenvalue weighted by Gasteiger charge is -2.09. The van der Waals surface area contributed by atoms with Gasteiger partial charge in [0, 0.05) is 11.4 Å². The second kappa shape index (κ2) is 7.76. The molecule has 0 aliphatic rings. The summed E-state index contributed by atoms with van der Waals surface area (Å²) >= 11 is 0. The zero-order valence-corrected chi connectivity index (χ0v) is 16.4. The summed E-state index contributed by atoms with van der Waals surface area (Å²) in [4.78, 5) is 27.9. The summed E-state index contributed by atoms with van der Waals surface area (Å²) in [6.45, 7) is 4.23. The van der Waals surface area contributed by atoms with Gasteiger partial charge in [-0.2, -0.15) is 0 Å². The number of nitrogens with one attached hydrogen (secondary N) is 2. The molecule has 1 heterocycles. The van der Waals surface area contributed by atoms with Crippen molar-refractivity contribution in [3.8, 4) is 11.3 Å². The molecule has 4 heteroatoms. The fourth-order valence-electron chi connectivity index (χ4n) is 3.33. The van der Waals surface area contributed by atoms with Gasteiger partial charge in [0.1, 0.15) is 5.56 Å². The van der Waals surface area contributed by atoms with Crippen LogP contribution in [0.15, 0.2) is 83.7 Å². The monoisotopic (exact) mass is 382 g/mol. The molecular formula is C25H22N2O2. The molecule has 3 aromatic carbocycles. The number of H-pyrrole nitrogens is 1. The van der Waals surface area contributed by atoms with Crippen molar-refractivity contribution in [1.82, 2.24) is 4.98 Å². The second-order valence-electron chi connectivity index (χ2n) is 7.41.